The molecule has 0 spiro atoms. The zero-order chi connectivity index (χ0) is 22.4. The molecule has 31 heavy (non-hydrogen) atoms. The highest BCUT2D eigenvalue weighted by atomic mass is 16.5. The smallest absolute Gasteiger partial charge is 0.0594 e. The van der Waals surface area contributed by atoms with Crippen LogP contribution in [0.25, 0.3) is 0 Å². The summed E-state index contributed by atoms with van der Waals surface area (Å²) in [6.45, 7) is 15.2. The molecule has 3 heteroatoms. The molecule has 4 aliphatic rings. The summed E-state index contributed by atoms with van der Waals surface area (Å²) in [4.78, 5) is 0. The Kier molecular flexibility index (Phi) is 6.53. The summed E-state index contributed by atoms with van der Waals surface area (Å²) in [6, 6.07) is 0. The fraction of sp³-hybridized carbons (Fsp3) is 0.857. The summed E-state index contributed by atoms with van der Waals surface area (Å²) in [7, 11) is 1.78. The predicted octanol–water partition coefficient (Wildman–Crippen LogP) is 5.89. The molecule has 0 saturated heterocycles. The molecule has 1 saturated carbocycles. The summed E-state index contributed by atoms with van der Waals surface area (Å²) in [5.74, 6) is 2.06. The SMILES string of the molecule is COCCCNC[C@H](C)[C@H]1CC=C2C3=C(CC[C@@]21C)[C@@]1(C)CC[C@H](O)C(C)(C)[C@@H]1CC3. The van der Waals surface area contributed by atoms with Gasteiger partial charge in [0.2, 0.25) is 0 Å². The van der Waals surface area contributed by atoms with Crippen LogP contribution in [-0.2, 0) is 4.74 Å². The van der Waals surface area contributed by atoms with E-state index in [1.54, 1.807) is 23.8 Å². The molecule has 0 aliphatic heterocycles. The average Bonchev–Trinajstić information content (AvgIpc) is 3.08. The van der Waals surface area contributed by atoms with E-state index in [1.165, 1.54) is 32.1 Å². The zero-order valence-corrected chi connectivity index (χ0v) is 21.0. The van der Waals surface area contributed by atoms with Crippen molar-refractivity contribution in [3.63, 3.8) is 0 Å². The number of nitrogens with one attached hydrogen (secondary N) is 1. The van der Waals surface area contributed by atoms with E-state index in [0.717, 1.165) is 44.9 Å². The maximum Gasteiger partial charge on any atom is 0.0594 e. The fourth-order valence-electron chi connectivity index (χ4n) is 8.39. The van der Waals surface area contributed by atoms with Crippen LogP contribution < -0.4 is 5.32 Å². The Morgan fingerprint density at radius 3 is 2.65 bits per heavy atom. The molecule has 1 fully saturated rings. The minimum Gasteiger partial charge on any atom is -0.393 e. The Morgan fingerprint density at radius 2 is 1.90 bits per heavy atom. The van der Waals surface area contributed by atoms with Gasteiger partial charge in [-0.25, -0.2) is 0 Å². The second-order valence-corrected chi connectivity index (χ2v) is 12.2. The minimum atomic E-state index is -0.145. The van der Waals surface area contributed by atoms with Crippen molar-refractivity contribution in [1.82, 2.24) is 5.32 Å². The van der Waals surface area contributed by atoms with Gasteiger partial charge in [-0.15, -0.1) is 0 Å². The highest BCUT2D eigenvalue weighted by molar-refractivity contribution is 5.49. The molecule has 0 aromatic heterocycles. The lowest BCUT2D eigenvalue weighted by molar-refractivity contribution is -0.0905. The first-order valence-corrected chi connectivity index (χ1v) is 13.0. The van der Waals surface area contributed by atoms with Crippen molar-refractivity contribution in [1.29, 1.82) is 0 Å². The van der Waals surface area contributed by atoms with E-state index in [1.807, 2.05) is 0 Å². The molecule has 6 atom stereocenters. The standard InChI is InChI=1S/C28H47NO2/c1-19(18-29-16-7-17-31-6)21-9-10-22-20-8-11-24-26(2,3)25(30)13-15-28(24,5)23(20)12-14-27(21,22)4/h10,19,21,24-25,29-30H,7-9,11-18H2,1-6H3/t19-,21+,24-,25-,27+,28+/m0/s1. The van der Waals surface area contributed by atoms with E-state index >= 15 is 0 Å². The second-order valence-electron chi connectivity index (χ2n) is 12.2. The van der Waals surface area contributed by atoms with Crippen molar-refractivity contribution < 1.29 is 9.84 Å². The number of hydrogen-bond donors (Lipinski definition) is 2. The van der Waals surface area contributed by atoms with E-state index < -0.39 is 0 Å². The van der Waals surface area contributed by atoms with Crippen LogP contribution in [0.4, 0.5) is 0 Å². The molecule has 0 radical (unpaired) electrons. The van der Waals surface area contributed by atoms with Crippen LogP contribution >= 0.6 is 0 Å². The van der Waals surface area contributed by atoms with E-state index in [9.17, 15) is 5.11 Å². The Labute approximate surface area is 191 Å². The molecular formula is C28H47NO2. The van der Waals surface area contributed by atoms with Gasteiger partial charge in [-0.1, -0.05) is 46.3 Å². The molecule has 0 aromatic carbocycles. The molecule has 0 aromatic rings. The third-order valence-electron chi connectivity index (χ3n) is 10.3. The first-order valence-electron chi connectivity index (χ1n) is 13.0. The van der Waals surface area contributed by atoms with Gasteiger partial charge in [0.15, 0.2) is 0 Å². The number of allylic oxidation sites excluding steroid dienone is 4. The van der Waals surface area contributed by atoms with Crippen molar-refractivity contribution in [2.75, 3.05) is 26.8 Å². The molecule has 176 valence electrons. The monoisotopic (exact) mass is 429 g/mol. The summed E-state index contributed by atoms with van der Waals surface area (Å²) in [5, 5.41) is 14.4. The highest BCUT2D eigenvalue weighted by Gasteiger charge is 2.57. The van der Waals surface area contributed by atoms with Crippen LogP contribution in [-0.4, -0.2) is 38.0 Å². The summed E-state index contributed by atoms with van der Waals surface area (Å²) < 4.78 is 5.18. The van der Waals surface area contributed by atoms with Gasteiger partial charge in [-0.2, -0.15) is 0 Å². The minimum absolute atomic E-state index is 0.0296. The van der Waals surface area contributed by atoms with Crippen LogP contribution in [0.5, 0.6) is 0 Å². The van der Waals surface area contributed by atoms with Crippen molar-refractivity contribution in [3.8, 4) is 0 Å². The lowest BCUT2D eigenvalue weighted by Crippen LogP contribution is -2.53. The molecule has 3 nitrogen and oxygen atoms in total. The highest BCUT2D eigenvalue weighted by Crippen LogP contribution is 2.66. The Balaban J connectivity index is 1.52. The first kappa shape index (κ1) is 23.5. The van der Waals surface area contributed by atoms with Gasteiger partial charge in [0.25, 0.3) is 0 Å². The lowest BCUT2D eigenvalue weighted by Gasteiger charge is -2.59. The van der Waals surface area contributed by atoms with Crippen LogP contribution in [0.2, 0.25) is 0 Å². The normalized spacial score (nSPS) is 40.1. The van der Waals surface area contributed by atoms with Crippen molar-refractivity contribution in [2.24, 2.45) is 34.0 Å². The number of aliphatic hydroxyl groups is 1. The lowest BCUT2D eigenvalue weighted by atomic mass is 9.46. The predicted molar refractivity (Wildman–Crippen MR) is 129 cm³/mol. The van der Waals surface area contributed by atoms with Gasteiger partial charge in [0, 0.05) is 13.7 Å². The Hall–Kier alpha value is -0.640. The van der Waals surface area contributed by atoms with Crippen molar-refractivity contribution in [2.45, 2.75) is 92.1 Å². The molecular weight excluding hydrogens is 382 g/mol. The summed E-state index contributed by atoms with van der Waals surface area (Å²) >= 11 is 0. The molecule has 2 N–H and O–H groups in total. The summed E-state index contributed by atoms with van der Waals surface area (Å²) in [5.41, 5.74) is 5.89. The Morgan fingerprint density at radius 1 is 1.13 bits per heavy atom. The third kappa shape index (κ3) is 3.77. The maximum absolute atomic E-state index is 10.8. The number of aliphatic hydroxyl groups excluding tert-OH is 1. The van der Waals surface area contributed by atoms with E-state index in [-0.39, 0.29) is 16.9 Å². The van der Waals surface area contributed by atoms with Crippen LogP contribution in [0.3, 0.4) is 0 Å². The molecule has 4 aliphatic carbocycles. The Bertz CT molecular complexity index is 737. The van der Waals surface area contributed by atoms with E-state index in [4.69, 9.17) is 4.74 Å². The number of hydrogen-bond acceptors (Lipinski definition) is 3. The van der Waals surface area contributed by atoms with Gasteiger partial charge >= 0.3 is 0 Å². The van der Waals surface area contributed by atoms with Crippen molar-refractivity contribution in [3.05, 3.63) is 22.8 Å². The zero-order valence-electron chi connectivity index (χ0n) is 21.0. The second kappa shape index (κ2) is 8.61. The number of methoxy groups -OCH3 is 1. The molecule has 4 rings (SSSR count). The fourth-order valence-corrected chi connectivity index (χ4v) is 8.39. The van der Waals surface area contributed by atoms with Gasteiger partial charge in [0.05, 0.1) is 6.10 Å². The topological polar surface area (TPSA) is 41.5 Å². The van der Waals surface area contributed by atoms with E-state index in [2.05, 4.69) is 46.0 Å². The molecule has 0 bridgehead atoms. The van der Waals surface area contributed by atoms with Crippen LogP contribution in [0.15, 0.2) is 22.8 Å². The number of rotatable bonds is 7. The largest absolute Gasteiger partial charge is 0.393 e. The van der Waals surface area contributed by atoms with Crippen LogP contribution in [0, 0.1) is 34.0 Å². The molecule has 0 heterocycles. The van der Waals surface area contributed by atoms with Crippen molar-refractivity contribution >= 4 is 0 Å². The number of fused-ring (bicyclic) bond motifs is 4. The van der Waals surface area contributed by atoms with Gasteiger partial charge in [-0.3, -0.25) is 0 Å². The van der Waals surface area contributed by atoms with E-state index in [0.29, 0.717) is 17.3 Å². The first-order chi connectivity index (χ1) is 14.7. The molecule has 0 unspecified atom stereocenters. The quantitative estimate of drug-likeness (QED) is 0.496. The maximum atomic E-state index is 10.8. The van der Waals surface area contributed by atoms with Gasteiger partial charge < -0.3 is 15.2 Å². The third-order valence-corrected chi connectivity index (χ3v) is 10.3. The number of ether oxygens (including phenoxy) is 1. The average molecular weight is 430 g/mol. The molecule has 0 amide bonds. The summed E-state index contributed by atoms with van der Waals surface area (Å²) in [6.07, 6.45) is 12.0. The van der Waals surface area contributed by atoms with Gasteiger partial charge in [0.1, 0.15) is 0 Å². The van der Waals surface area contributed by atoms with Crippen LogP contribution in [0.1, 0.15) is 86.0 Å². The van der Waals surface area contributed by atoms with Gasteiger partial charge in [-0.05, 0) is 110 Å².